The molecule has 1 fully saturated rings. The van der Waals surface area contributed by atoms with Gasteiger partial charge in [-0.2, -0.15) is 13.2 Å². The van der Waals surface area contributed by atoms with Gasteiger partial charge in [0.2, 0.25) is 5.91 Å². The number of nitrogens with one attached hydrogen (secondary N) is 2. The molecule has 0 saturated carbocycles. The molecule has 1 heterocycles. The zero-order chi connectivity index (χ0) is 28.5. The molecule has 0 aromatic heterocycles. The first kappa shape index (κ1) is 29.6. The zero-order valence-electron chi connectivity index (χ0n) is 21.9. The van der Waals surface area contributed by atoms with Crippen molar-refractivity contribution in [1.82, 2.24) is 10.6 Å². The maximum absolute atomic E-state index is 14.2. The van der Waals surface area contributed by atoms with E-state index in [0.717, 1.165) is 6.26 Å². The number of ether oxygens (including phenoxy) is 1. The molecule has 2 N–H and O–H groups in total. The van der Waals surface area contributed by atoms with Gasteiger partial charge in [-0.3, -0.25) is 10.1 Å². The molecule has 0 bridgehead atoms. The minimum Gasteiger partial charge on any atom is -0.458 e. The maximum Gasteiger partial charge on any atom is 0.407 e. The van der Waals surface area contributed by atoms with E-state index in [9.17, 15) is 31.2 Å². The summed E-state index contributed by atoms with van der Waals surface area (Å²) in [5.41, 5.74) is 0.395. The third kappa shape index (κ3) is 7.57. The van der Waals surface area contributed by atoms with Crippen LogP contribution in [0.4, 0.5) is 13.2 Å². The molecule has 0 aliphatic carbocycles. The number of benzene rings is 2. The molecule has 3 rings (SSSR count). The van der Waals surface area contributed by atoms with Gasteiger partial charge in [-0.15, -0.1) is 0 Å². The highest BCUT2D eigenvalue weighted by atomic mass is 32.2. The summed E-state index contributed by atoms with van der Waals surface area (Å²) in [5.74, 6) is -1.41. The van der Waals surface area contributed by atoms with Gasteiger partial charge in [0, 0.05) is 12.7 Å². The highest BCUT2D eigenvalue weighted by Gasteiger charge is 2.45. The van der Waals surface area contributed by atoms with E-state index in [1.54, 1.807) is 39.8 Å². The summed E-state index contributed by atoms with van der Waals surface area (Å²) in [5, 5.41) is 5.04. The molecule has 2 aromatic carbocycles. The largest absolute Gasteiger partial charge is 0.458 e. The Morgan fingerprint density at radius 1 is 1.05 bits per heavy atom. The summed E-state index contributed by atoms with van der Waals surface area (Å²) in [6.07, 6.45) is -3.27. The number of rotatable bonds is 9. The summed E-state index contributed by atoms with van der Waals surface area (Å²) < 4.78 is 71.1. The Kier molecular flexibility index (Phi) is 8.62. The molecule has 1 aliphatic heterocycles. The molecular formula is C27H33F3N2O5S. The molecule has 1 unspecified atom stereocenters. The van der Waals surface area contributed by atoms with Crippen LogP contribution in [0.3, 0.4) is 0 Å². The lowest BCUT2D eigenvalue weighted by Gasteiger charge is -2.29. The van der Waals surface area contributed by atoms with E-state index in [4.69, 9.17) is 4.74 Å². The van der Waals surface area contributed by atoms with Gasteiger partial charge in [-0.05, 0) is 55.0 Å². The van der Waals surface area contributed by atoms with Crippen LogP contribution in [0.15, 0.2) is 53.4 Å². The van der Waals surface area contributed by atoms with Gasteiger partial charge in [-0.25, -0.2) is 13.2 Å². The lowest BCUT2D eigenvalue weighted by atomic mass is 9.97. The van der Waals surface area contributed by atoms with Gasteiger partial charge in [0.15, 0.2) is 9.84 Å². The normalized spacial score (nSPS) is 19.2. The Bertz CT molecular complexity index is 1260. The second-order valence-corrected chi connectivity index (χ2v) is 12.7. The number of hydrogen-bond donors (Lipinski definition) is 2. The van der Waals surface area contributed by atoms with Crippen molar-refractivity contribution < 1.29 is 35.9 Å². The zero-order valence-corrected chi connectivity index (χ0v) is 22.7. The molecule has 2 aromatic rings. The molecular weight excluding hydrogens is 521 g/mol. The number of esters is 1. The van der Waals surface area contributed by atoms with E-state index in [-0.39, 0.29) is 29.2 Å². The predicted molar refractivity (Wildman–Crippen MR) is 137 cm³/mol. The Hall–Kier alpha value is -2.92. The summed E-state index contributed by atoms with van der Waals surface area (Å²) >= 11 is 0. The van der Waals surface area contributed by atoms with Crippen LogP contribution in [0.1, 0.15) is 52.1 Å². The first-order valence-electron chi connectivity index (χ1n) is 12.2. The highest BCUT2D eigenvalue weighted by molar-refractivity contribution is 7.90. The van der Waals surface area contributed by atoms with Crippen molar-refractivity contribution in [2.24, 2.45) is 5.92 Å². The van der Waals surface area contributed by atoms with E-state index >= 15 is 0 Å². The lowest BCUT2D eigenvalue weighted by molar-refractivity contribution is -0.161. The topological polar surface area (TPSA) is 102 Å². The molecule has 1 amide bonds. The Balaban J connectivity index is 1.82. The molecule has 1 aliphatic rings. The van der Waals surface area contributed by atoms with E-state index in [0.29, 0.717) is 11.1 Å². The number of carbonyl (C=O) groups is 2. The van der Waals surface area contributed by atoms with Crippen molar-refractivity contribution in [2.45, 2.75) is 75.3 Å². The minimum absolute atomic E-state index is 0.0861. The van der Waals surface area contributed by atoms with Crippen LogP contribution in [0.25, 0.3) is 11.1 Å². The summed E-state index contributed by atoms with van der Waals surface area (Å²) in [4.78, 5) is 25.3. The SMILES string of the molecule is CC(C)C[C@H](N[C@@H](c1ccc(-c2ccc(S(C)(=O)=O)cc2)cc1)C(F)(F)F)C(=O)NC1CC(C)(C)OC1=O. The summed E-state index contributed by atoms with van der Waals surface area (Å²) in [6, 6.07) is 7.46. The number of alkyl halides is 3. The molecule has 1 saturated heterocycles. The minimum atomic E-state index is -4.71. The molecule has 3 atom stereocenters. The number of carbonyl (C=O) groups excluding carboxylic acids is 2. The second-order valence-electron chi connectivity index (χ2n) is 10.7. The molecule has 208 valence electrons. The van der Waals surface area contributed by atoms with Crippen LogP contribution in [-0.4, -0.2) is 50.4 Å². The van der Waals surface area contributed by atoms with Crippen molar-refractivity contribution in [3.05, 3.63) is 54.1 Å². The molecule has 0 spiro atoms. The summed E-state index contributed by atoms with van der Waals surface area (Å²) in [6.45, 7) is 6.98. The summed E-state index contributed by atoms with van der Waals surface area (Å²) in [7, 11) is -3.37. The fourth-order valence-corrected chi connectivity index (χ4v) is 5.04. The predicted octanol–water partition coefficient (Wildman–Crippen LogP) is 4.58. The molecule has 0 radical (unpaired) electrons. The monoisotopic (exact) mass is 554 g/mol. The smallest absolute Gasteiger partial charge is 0.407 e. The van der Waals surface area contributed by atoms with Crippen molar-refractivity contribution in [3.63, 3.8) is 0 Å². The van der Waals surface area contributed by atoms with Gasteiger partial charge in [0.25, 0.3) is 0 Å². The average molecular weight is 555 g/mol. The van der Waals surface area contributed by atoms with Gasteiger partial charge >= 0.3 is 12.1 Å². The van der Waals surface area contributed by atoms with Crippen molar-refractivity contribution >= 4 is 21.7 Å². The van der Waals surface area contributed by atoms with E-state index < -0.39 is 51.6 Å². The van der Waals surface area contributed by atoms with Crippen LogP contribution in [0, 0.1) is 5.92 Å². The van der Waals surface area contributed by atoms with E-state index in [2.05, 4.69) is 10.6 Å². The average Bonchev–Trinajstić information content (AvgIpc) is 3.05. The molecule has 7 nitrogen and oxygen atoms in total. The number of cyclic esters (lactones) is 1. The lowest BCUT2D eigenvalue weighted by Crippen LogP contribution is -2.52. The van der Waals surface area contributed by atoms with Crippen LogP contribution >= 0.6 is 0 Å². The number of sulfone groups is 1. The van der Waals surface area contributed by atoms with Gasteiger partial charge in [-0.1, -0.05) is 50.2 Å². The second kappa shape index (κ2) is 11.1. The fraction of sp³-hybridized carbons (Fsp3) is 0.481. The first-order valence-corrected chi connectivity index (χ1v) is 14.1. The first-order chi connectivity index (χ1) is 17.5. The maximum atomic E-state index is 14.2. The van der Waals surface area contributed by atoms with E-state index in [1.165, 1.54) is 36.4 Å². The van der Waals surface area contributed by atoms with E-state index in [1.807, 2.05) is 0 Å². The quantitative estimate of drug-likeness (QED) is 0.441. The van der Waals surface area contributed by atoms with Crippen molar-refractivity contribution in [3.8, 4) is 11.1 Å². The van der Waals surface area contributed by atoms with Crippen LogP contribution < -0.4 is 10.6 Å². The molecule has 11 heteroatoms. The molecule has 38 heavy (non-hydrogen) atoms. The standard InChI is InChI=1S/C27H33F3N2O5S/c1-16(2)14-21(24(33)32-22-15-26(3,4)37-25(22)34)31-23(27(28,29)30)19-8-6-17(7-9-19)18-10-12-20(13-11-18)38(5,35)36/h6-13,16,21-23,31H,14-15H2,1-5H3,(H,32,33)/t21-,22?,23-/m0/s1. The number of amides is 1. The Morgan fingerprint density at radius 3 is 2.00 bits per heavy atom. The van der Waals surface area contributed by atoms with Crippen LogP contribution in [-0.2, 0) is 24.2 Å². The Labute approximate surface area is 221 Å². The fourth-order valence-electron chi connectivity index (χ4n) is 4.41. The number of halogens is 3. The third-order valence-electron chi connectivity index (χ3n) is 6.25. The van der Waals surface area contributed by atoms with Crippen LogP contribution in [0.2, 0.25) is 0 Å². The third-order valence-corrected chi connectivity index (χ3v) is 7.38. The van der Waals surface area contributed by atoms with Gasteiger partial charge in [0.05, 0.1) is 10.9 Å². The highest BCUT2D eigenvalue weighted by Crippen LogP contribution is 2.35. The van der Waals surface area contributed by atoms with Gasteiger partial charge < -0.3 is 10.1 Å². The Morgan fingerprint density at radius 2 is 1.58 bits per heavy atom. The number of hydrogen-bond acceptors (Lipinski definition) is 6. The van der Waals surface area contributed by atoms with Crippen LogP contribution in [0.5, 0.6) is 0 Å². The van der Waals surface area contributed by atoms with Crippen molar-refractivity contribution in [2.75, 3.05) is 6.26 Å². The van der Waals surface area contributed by atoms with Crippen molar-refractivity contribution in [1.29, 1.82) is 0 Å². The van der Waals surface area contributed by atoms with Gasteiger partial charge in [0.1, 0.15) is 17.7 Å².